The van der Waals surface area contributed by atoms with Crippen molar-refractivity contribution in [3.05, 3.63) is 30.2 Å². The van der Waals surface area contributed by atoms with Crippen LogP contribution < -0.4 is 0 Å². The van der Waals surface area contributed by atoms with Crippen LogP contribution >= 0.6 is 72.4 Å². The highest BCUT2D eigenvalue weighted by molar-refractivity contribution is 14.1. The number of hydrogen-bond donors (Lipinski definition) is 0. The molecule has 0 aliphatic carbocycles. The van der Waals surface area contributed by atoms with Crippen LogP contribution in [0.3, 0.4) is 0 Å². The van der Waals surface area contributed by atoms with E-state index in [0.29, 0.717) is 0 Å². The average Bonchev–Trinajstić information content (AvgIpc) is 2.55. The molecule has 0 amide bonds. The topological polar surface area (TPSA) is 0 Å². The van der Waals surface area contributed by atoms with Gasteiger partial charge in [-0.05, 0) is 67.6 Å². The molecule has 1 heterocycles. The molecular weight excluding hydrogens is 474 g/mol. The summed E-state index contributed by atoms with van der Waals surface area (Å²) in [4.78, 5) is 0. The third kappa shape index (κ3) is 1.91. The molecule has 2 rings (SSSR count). The first-order valence-corrected chi connectivity index (χ1v) is 7.80. The fourth-order valence-corrected chi connectivity index (χ4v) is 4.37. The van der Waals surface area contributed by atoms with E-state index in [4.69, 9.17) is 0 Å². The number of thiophene rings is 1. The Labute approximate surface area is 117 Å². The Morgan fingerprint density at radius 1 is 1.31 bits per heavy atom. The van der Waals surface area contributed by atoms with Crippen LogP contribution in [0.2, 0.25) is 0 Å². The van der Waals surface area contributed by atoms with Crippen molar-refractivity contribution in [1.82, 2.24) is 0 Å². The highest BCUT2D eigenvalue weighted by Crippen LogP contribution is 2.33. The van der Waals surface area contributed by atoms with Crippen LogP contribution in [0.4, 0.5) is 0 Å². The van der Waals surface area contributed by atoms with Crippen LogP contribution in [0, 0.1) is 7.14 Å². The standard InChI is InChI=1S/C9H5BrI2S/c10-3-5-4-13-9-6(5)1-2-7(11)8(9)12/h1-2,4H,3H2. The summed E-state index contributed by atoms with van der Waals surface area (Å²) >= 11 is 10.1. The van der Waals surface area contributed by atoms with Gasteiger partial charge in [0.25, 0.3) is 0 Å². The fraction of sp³-hybridized carbons (Fsp3) is 0.111. The Morgan fingerprint density at radius 3 is 2.77 bits per heavy atom. The molecule has 4 heteroatoms. The van der Waals surface area contributed by atoms with Gasteiger partial charge in [0.05, 0.1) is 0 Å². The molecule has 1 aromatic heterocycles. The van der Waals surface area contributed by atoms with Gasteiger partial charge in [0.2, 0.25) is 0 Å². The van der Waals surface area contributed by atoms with E-state index in [1.807, 2.05) is 11.3 Å². The minimum atomic E-state index is 0.948. The van der Waals surface area contributed by atoms with Crippen molar-refractivity contribution in [1.29, 1.82) is 0 Å². The molecule has 0 N–H and O–H groups in total. The highest BCUT2D eigenvalue weighted by Gasteiger charge is 2.07. The molecule has 0 radical (unpaired) electrons. The van der Waals surface area contributed by atoms with E-state index in [2.05, 4.69) is 78.6 Å². The molecule has 0 aliphatic heterocycles. The second kappa shape index (κ2) is 4.32. The zero-order valence-corrected chi connectivity index (χ0v) is 13.2. The van der Waals surface area contributed by atoms with Gasteiger partial charge in [0.15, 0.2) is 0 Å². The first-order chi connectivity index (χ1) is 6.24. The minimum Gasteiger partial charge on any atom is -0.142 e. The molecule has 0 spiro atoms. The lowest BCUT2D eigenvalue weighted by Crippen LogP contribution is -1.79. The van der Waals surface area contributed by atoms with Crippen molar-refractivity contribution < 1.29 is 0 Å². The normalized spacial score (nSPS) is 11.0. The van der Waals surface area contributed by atoms with Gasteiger partial charge in [0.1, 0.15) is 0 Å². The predicted molar refractivity (Wildman–Crippen MR) is 79.9 cm³/mol. The molecule has 0 unspecified atom stereocenters. The van der Waals surface area contributed by atoms with E-state index in [1.165, 1.54) is 22.8 Å². The Hall–Kier alpha value is 1.12. The van der Waals surface area contributed by atoms with Gasteiger partial charge in [-0.1, -0.05) is 22.0 Å². The monoisotopic (exact) mass is 478 g/mol. The highest BCUT2D eigenvalue weighted by atomic mass is 127. The second-order valence-electron chi connectivity index (χ2n) is 2.63. The number of fused-ring (bicyclic) bond motifs is 1. The van der Waals surface area contributed by atoms with Crippen molar-refractivity contribution in [3.63, 3.8) is 0 Å². The molecule has 0 saturated carbocycles. The molecule has 0 bridgehead atoms. The van der Waals surface area contributed by atoms with Gasteiger partial charge in [-0.3, -0.25) is 0 Å². The van der Waals surface area contributed by atoms with Crippen LogP contribution in [0.25, 0.3) is 10.1 Å². The molecule has 13 heavy (non-hydrogen) atoms. The maximum atomic E-state index is 3.50. The van der Waals surface area contributed by atoms with Crippen LogP contribution in [0.5, 0.6) is 0 Å². The molecule has 0 aliphatic rings. The van der Waals surface area contributed by atoms with E-state index in [0.717, 1.165) is 5.33 Å². The van der Waals surface area contributed by atoms with Crippen LogP contribution in [0.15, 0.2) is 17.5 Å². The Kier molecular flexibility index (Phi) is 3.53. The Balaban J connectivity index is 2.81. The zero-order chi connectivity index (χ0) is 9.42. The zero-order valence-electron chi connectivity index (χ0n) is 6.48. The fourth-order valence-electron chi connectivity index (χ4n) is 1.20. The van der Waals surface area contributed by atoms with E-state index < -0.39 is 0 Å². The van der Waals surface area contributed by atoms with Crippen molar-refractivity contribution in [2.75, 3.05) is 0 Å². The van der Waals surface area contributed by atoms with Crippen molar-refractivity contribution in [2.45, 2.75) is 5.33 Å². The van der Waals surface area contributed by atoms with Crippen molar-refractivity contribution >= 4 is 82.5 Å². The van der Waals surface area contributed by atoms with Gasteiger partial charge < -0.3 is 0 Å². The summed E-state index contributed by atoms with van der Waals surface area (Å²) in [7, 11) is 0. The number of hydrogen-bond acceptors (Lipinski definition) is 1. The summed E-state index contributed by atoms with van der Waals surface area (Å²) in [5.74, 6) is 0. The summed E-state index contributed by atoms with van der Waals surface area (Å²) in [6, 6.07) is 4.40. The third-order valence-corrected chi connectivity index (χ3v) is 6.94. The smallest absolute Gasteiger partial charge is 0.0490 e. The first-order valence-electron chi connectivity index (χ1n) is 3.64. The van der Waals surface area contributed by atoms with Crippen LogP contribution in [0.1, 0.15) is 5.56 Å². The van der Waals surface area contributed by atoms with E-state index in [-0.39, 0.29) is 0 Å². The second-order valence-corrected chi connectivity index (χ2v) is 6.31. The molecule has 0 fully saturated rings. The maximum absolute atomic E-state index is 3.50. The van der Waals surface area contributed by atoms with E-state index >= 15 is 0 Å². The van der Waals surface area contributed by atoms with Gasteiger partial charge in [-0.15, -0.1) is 11.3 Å². The number of rotatable bonds is 1. The minimum absolute atomic E-state index is 0.948. The van der Waals surface area contributed by atoms with Gasteiger partial charge in [-0.2, -0.15) is 0 Å². The lowest BCUT2D eigenvalue weighted by atomic mass is 10.2. The van der Waals surface area contributed by atoms with Gasteiger partial charge in [-0.25, -0.2) is 0 Å². The summed E-state index contributed by atoms with van der Waals surface area (Å²) in [6.45, 7) is 0. The summed E-state index contributed by atoms with van der Waals surface area (Å²) < 4.78 is 4.14. The molecule has 68 valence electrons. The predicted octanol–water partition coefficient (Wildman–Crippen LogP) is 5.01. The number of benzene rings is 1. The molecule has 0 saturated heterocycles. The molecule has 1 aromatic carbocycles. The summed E-state index contributed by atoms with van der Waals surface area (Å²) in [5.41, 5.74) is 1.40. The average molecular weight is 479 g/mol. The van der Waals surface area contributed by atoms with Gasteiger partial charge >= 0.3 is 0 Å². The maximum Gasteiger partial charge on any atom is 0.0490 e. The first kappa shape index (κ1) is 10.6. The Bertz CT molecular complexity index is 450. The molecular formula is C9H5BrI2S. The lowest BCUT2D eigenvalue weighted by Gasteiger charge is -1.98. The number of halogens is 3. The van der Waals surface area contributed by atoms with Crippen molar-refractivity contribution in [3.8, 4) is 0 Å². The third-order valence-electron chi connectivity index (χ3n) is 1.86. The molecule has 0 nitrogen and oxygen atoms in total. The molecule has 0 atom stereocenters. The SMILES string of the molecule is BrCc1csc2c(I)c(I)ccc12. The van der Waals surface area contributed by atoms with Crippen LogP contribution in [-0.2, 0) is 5.33 Å². The van der Waals surface area contributed by atoms with Gasteiger partial charge in [0, 0.05) is 17.2 Å². The largest absolute Gasteiger partial charge is 0.142 e. The summed E-state index contributed by atoms with van der Waals surface area (Å²) in [6.07, 6.45) is 0. The quantitative estimate of drug-likeness (QED) is 0.399. The molecule has 2 aromatic rings. The van der Waals surface area contributed by atoms with Crippen molar-refractivity contribution in [2.24, 2.45) is 0 Å². The lowest BCUT2D eigenvalue weighted by molar-refractivity contribution is 1.54. The number of alkyl halides is 1. The van der Waals surface area contributed by atoms with E-state index in [1.54, 1.807) is 0 Å². The summed E-state index contributed by atoms with van der Waals surface area (Å²) in [5, 5.41) is 4.58. The van der Waals surface area contributed by atoms with E-state index in [9.17, 15) is 0 Å². The Morgan fingerprint density at radius 2 is 2.08 bits per heavy atom. The van der Waals surface area contributed by atoms with Crippen LogP contribution in [-0.4, -0.2) is 0 Å².